The highest BCUT2D eigenvalue weighted by Crippen LogP contribution is 2.40. The summed E-state index contributed by atoms with van der Waals surface area (Å²) in [6, 6.07) is 6.23. The number of ether oxygens (including phenoxy) is 2. The molecule has 1 aromatic carbocycles. The van der Waals surface area contributed by atoms with Crippen molar-refractivity contribution in [1.29, 1.82) is 0 Å². The van der Waals surface area contributed by atoms with Crippen LogP contribution in [0.5, 0.6) is 5.75 Å². The summed E-state index contributed by atoms with van der Waals surface area (Å²) in [7, 11) is 1.66. The molecular formula is C15H18N2O3. The molecule has 3 rings (SSSR count). The number of fused-ring (bicyclic) bond motifs is 3. The van der Waals surface area contributed by atoms with Crippen LogP contribution < -0.4 is 10.1 Å². The zero-order chi connectivity index (χ0) is 14.1. The molecule has 5 nitrogen and oxygen atoms in total. The first-order chi connectivity index (χ1) is 9.72. The Morgan fingerprint density at radius 3 is 3.10 bits per heavy atom. The average Bonchev–Trinajstić information content (AvgIpc) is 2.84. The predicted octanol–water partition coefficient (Wildman–Crippen LogP) is 2.56. The van der Waals surface area contributed by atoms with Crippen LogP contribution in [0.2, 0.25) is 0 Å². The van der Waals surface area contributed by atoms with Gasteiger partial charge in [-0.3, -0.25) is 4.90 Å². The van der Waals surface area contributed by atoms with Crippen LogP contribution in [0.3, 0.4) is 0 Å². The molecule has 1 N–H and O–H groups in total. The van der Waals surface area contributed by atoms with E-state index in [1.165, 1.54) is 5.56 Å². The van der Waals surface area contributed by atoms with E-state index in [0.717, 1.165) is 11.4 Å². The van der Waals surface area contributed by atoms with Crippen LogP contribution >= 0.6 is 0 Å². The second-order valence-corrected chi connectivity index (χ2v) is 4.92. The minimum Gasteiger partial charge on any atom is -0.497 e. The largest absolute Gasteiger partial charge is 0.497 e. The number of rotatable bonds is 2. The van der Waals surface area contributed by atoms with Gasteiger partial charge in [-0.2, -0.15) is 0 Å². The van der Waals surface area contributed by atoms with Crippen LogP contribution in [-0.2, 0) is 4.74 Å². The van der Waals surface area contributed by atoms with E-state index in [1.807, 2.05) is 31.2 Å². The van der Waals surface area contributed by atoms with Crippen LogP contribution in [0.1, 0.15) is 18.4 Å². The standard InChI is InChI=1S/C15H18N2O3/c1-3-20-15(18)17-7-6-14-12(9-17)11-8-10(19-2)4-5-13(11)16-14/h4-8,12,14,16H,3,9H2,1-2H3. The molecule has 0 saturated heterocycles. The summed E-state index contributed by atoms with van der Waals surface area (Å²) in [5, 5.41) is 3.46. The van der Waals surface area contributed by atoms with E-state index in [2.05, 4.69) is 5.32 Å². The third kappa shape index (κ3) is 2.09. The van der Waals surface area contributed by atoms with Gasteiger partial charge in [-0.25, -0.2) is 4.79 Å². The van der Waals surface area contributed by atoms with Gasteiger partial charge in [0.25, 0.3) is 0 Å². The Morgan fingerprint density at radius 2 is 2.35 bits per heavy atom. The molecule has 20 heavy (non-hydrogen) atoms. The first-order valence-corrected chi connectivity index (χ1v) is 6.79. The number of methoxy groups -OCH3 is 1. The fraction of sp³-hybridized carbons (Fsp3) is 0.400. The van der Waals surface area contributed by atoms with Gasteiger partial charge in [-0.1, -0.05) is 0 Å². The number of amides is 1. The summed E-state index contributed by atoms with van der Waals surface area (Å²) >= 11 is 0. The number of hydrogen-bond donors (Lipinski definition) is 1. The van der Waals surface area contributed by atoms with Gasteiger partial charge in [0.05, 0.1) is 19.8 Å². The maximum atomic E-state index is 11.8. The van der Waals surface area contributed by atoms with Crippen molar-refractivity contribution in [2.45, 2.75) is 18.9 Å². The lowest BCUT2D eigenvalue weighted by Crippen LogP contribution is -2.38. The maximum Gasteiger partial charge on any atom is 0.413 e. The van der Waals surface area contributed by atoms with Gasteiger partial charge in [0, 0.05) is 24.4 Å². The zero-order valence-corrected chi connectivity index (χ0v) is 11.6. The zero-order valence-electron chi connectivity index (χ0n) is 11.6. The highest BCUT2D eigenvalue weighted by molar-refractivity contribution is 5.71. The number of nitrogens with one attached hydrogen (secondary N) is 1. The molecule has 0 bridgehead atoms. The van der Waals surface area contributed by atoms with Crippen LogP contribution in [0.15, 0.2) is 30.5 Å². The Bertz CT molecular complexity index is 556. The average molecular weight is 274 g/mol. The van der Waals surface area contributed by atoms with Gasteiger partial charge in [-0.05, 0) is 36.8 Å². The van der Waals surface area contributed by atoms with Crippen molar-refractivity contribution < 1.29 is 14.3 Å². The van der Waals surface area contributed by atoms with Crippen molar-refractivity contribution in [2.75, 3.05) is 25.6 Å². The van der Waals surface area contributed by atoms with Crippen LogP contribution in [0, 0.1) is 0 Å². The van der Waals surface area contributed by atoms with Gasteiger partial charge in [-0.15, -0.1) is 0 Å². The molecule has 0 radical (unpaired) electrons. The molecule has 2 aliphatic heterocycles. The Morgan fingerprint density at radius 1 is 1.50 bits per heavy atom. The third-order valence-electron chi connectivity index (χ3n) is 3.78. The van der Waals surface area contributed by atoms with E-state index in [1.54, 1.807) is 18.2 Å². The van der Waals surface area contributed by atoms with Gasteiger partial charge in [0.15, 0.2) is 0 Å². The SMILES string of the molecule is CCOC(=O)N1C=CC2Nc3ccc(OC)cc3C2C1. The minimum absolute atomic E-state index is 0.225. The summed E-state index contributed by atoms with van der Waals surface area (Å²) in [4.78, 5) is 13.5. The van der Waals surface area contributed by atoms with Gasteiger partial charge < -0.3 is 14.8 Å². The monoisotopic (exact) mass is 274 g/mol. The third-order valence-corrected chi connectivity index (χ3v) is 3.78. The van der Waals surface area contributed by atoms with Gasteiger partial charge in [0.1, 0.15) is 5.75 Å². The number of benzene rings is 1. The quantitative estimate of drug-likeness (QED) is 0.900. The van der Waals surface area contributed by atoms with Crippen LogP contribution in [0.4, 0.5) is 10.5 Å². The summed E-state index contributed by atoms with van der Waals surface area (Å²) in [5.41, 5.74) is 2.30. The summed E-state index contributed by atoms with van der Waals surface area (Å²) < 4.78 is 10.3. The Hall–Kier alpha value is -2.17. The van der Waals surface area contributed by atoms with E-state index < -0.39 is 0 Å². The second kappa shape index (κ2) is 5.07. The fourth-order valence-electron chi connectivity index (χ4n) is 2.78. The van der Waals surface area contributed by atoms with E-state index in [-0.39, 0.29) is 18.1 Å². The summed E-state index contributed by atoms with van der Waals surface area (Å²) in [6.45, 7) is 2.82. The maximum absolute atomic E-state index is 11.8. The molecule has 0 saturated carbocycles. The van der Waals surface area contributed by atoms with Gasteiger partial charge in [0.2, 0.25) is 0 Å². The van der Waals surface area contributed by atoms with E-state index in [9.17, 15) is 4.79 Å². The van der Waals surface area contributed by atoms with Crippen molar-refractivity contribution in [1.82, 2.24) is 4.90 Å². The topological polar surface area (TPSA) is 50.8 Å². The first kappa shape index (κ1) is 12.8. The Balaban J connectivity index is 1.85. The van der Waals surface area contributed by atoms with Crippen LogP contribution in [-0.4, -0.2) is 37.3 Å². The van der Waals surface area contributed by atoms with Gasteiger partial charge >= 0.3 is 6.09 Å². The minimum atomic E-state index is -0.293. The highest BCUT2D eigenvalue weighted by Gasteiger charge is 2.36. The Labute approximate surface area is 118 Å². The van der Waals surface area contributed by atoms with Crippen molar-refractivity contribution >= 4 is 11.8 Å². The van der Waals surface area contributed by atoms with Crippen molar-refractivity contribution in [3.8, 4) is 5.75 Å². The molecule has 2 unspecified atom stereocenters. The molecule has 0 aromatic heterocycles. The molecule has 0 aliphatic carbocycles. The predicted molar refractivity (Wildman–Crippen MR) is 76.0 cm³/mol. The lowest BCUT2D eigenvalue weighted by Gasteiger charge is -2.29. The van der Waals surface area contributed by atoms with Crippen LogP contribution in [0.25, 0.3) is 0 Å². The smallest absolute Gasteiger partial charge is 0.413 e. The van der Waals surface area contributed by atoms with Crippen molar-refractivity contribution in [3.63, 3.8) is 0 Å². The highest BCUT2D eigenvalue weighted by atomic mass is 16.6. The number of carbonyl (C=O) groups excluding carboxylic acids is 1. The lowest BCUT2D eigenvalue weighted by atomic mass is 9.92. The Kier molecular flexibility index (Phi) is 3.26. The first-order valence-electron chi connectivity index (χ1n) is 6.79. The molecule has 2 aliphatic rings. The number of nitrogens with zero attached hydrogens (tertiary/aromatic N) is 1. The van der Waals surface area contributed by atoms with Crippen molar-refractivity contribution in [3.05, 3.63) is 36.0 Å². The second-order valence-electron chi connectivity index (χ2n) is 4.92. The van der Waals surface area contributed by atoms with E-state index >= 15 is 0 Å². The number of carbonyl (C=O) groups is 1. The molecule has 1 amide bonds. The molecule has 106 valence electrons. The summed E-state index contributed by atoms with van der Waals surface area (Å²) in [6.07, 6.45) is 3.52. The molecule has 2 heterocycles. The van der Waals surface area contributed by atoms with E-state index in [4.69, 9.17) is 9.47 Å². The molecule has 1 aromatic rings. The normalized spacial score (nSPS) is 22.8. The molecule has 0 fully saturated rings. The number of hydrogen-bond acceptors (Lipinski definition) is 4. The molecular weight excluding hydrogens is 256 g/mol. The summed E-state index contributed by atoms with van der Waals surface area (Å²) in [5.74, 6) is 1.07. The molecule has 2 atom stereocenters. The van der Waals surface area contributed by atoms with Crippen molar-refractivity contribution in [2.24, 2.45) is 0 Å². The fourth-order valence-corrected chi connectivity index (χ4v) is 2.78. The molecule has 5 heteroatoms. The van der Waals surface area contributed by atoms with E-state index in [0.29, 0.717) is 13.2 Å². The number of anilines is 1. The lowest BCUT2D eigenvalue weighted by molar-refractivity contribution is 0.118. The molecule has 0 spiro atoms.